The van der Waals surface area contributed by atoms with Crippen molar-refractivity contribution >= 4 is 39.7 Å². The molecule has 0 aromatic carbocycles. The molecular formula is C23H26BrN5O3. The number of nitrogens with zero attached hydrogens (tertiary/aromatic N) is 2. The fraction of sp³-hybridized carbons (Fsp3) is 0.522. The first-order chi connectivity index (χ1) is 15.4. The highest BCUT2D eigenvalue weighted by Gasteiger charge is 2.54. The van der Waals surface area contributed by atoms with E-state index in [0.29, 0.717) is 27.9 Å². The van der Waals surface area contributed by atoms with Crippen molar-refractivity contribution in [3.05, 3.63) is 40.3 Å². The van der Waals surface area contributed by atoms with Crippen LogP contribution in [0.1, 0.15) is 44.1 Å². The van der Waals surface area contributed by atoms with Crippen molar-refractivity contribution in [1.29, 1.82) is 0 Å². The molecule has 9 heteroatoms. The highest BCUT2D eigenvalue weighted by Crippen LogP contribution is 2.60. The van der Waals surface area contributed by atoms with E-state index >= 15 is 0 Å². The predicted molar refractivity (Wildman–Crippen MR) is 121 cm³/mol. The van der Waals surface area contributed by atoms with Crippen LogP contribution in [0.5, 0.6) is 0 Å². The summed E-state index contributed by atoms with van der Waals surface area (Å²) in [4.78, 5) is 42.5. The quantitative estimate of drug-likeness (QED) is 0.519. The largest absolute Gasteiger partial charge is 0.345 e. The van der Waals surface area contributed by atoms with Crippen molar-refractivity contribution in [2.24, 2.45) is 28.3 Å². The van der Waals surface area contributed by atoms with Crippen LogP contribution in [0.3, 0.4) is 0 Å². The number of Topliss-reactive ketones (excluding diaryl/α,β-unsaturated/α-hetero) is 1. The number of pyridine rings is 1. The Hall–Kier alpha value is -2.55. The first kappa shape index (κ1) is 21.3. The number of carbonyl (C=O) groups is 3. The SMILES string of the molecule is O=C(NCc1ccncc1)C(=O)C1NN=CC(NC(=O)C23CC4CC(CC(C4)C2)C3)=C1Br. The van der Waals surface area contributed by atoms with E-state index in [-0.39, 0.29) is 17.9 Å². The van der Waals surface area contributed by atoms with Gasteiger partial charge in [-0.15, -0.1) is 0 Å². The summed E-state index contributed by atoms with van der Waals surface area (Å²) in [5.41, 5.74) is 3.65. The van der Waals surface area contributed by atoms with Crippen molar-refractivity contribution in [3.63, 3.8) is 0 Å². The Morgan fingerprint density at radius 2 is 1.69 bits per heavy atom. The molecule has 0 radical (unpaired) electrons. The van der Waals surface area contributed by atoms with Gasteiger partial charge in [-0.2, -0.15) is 5.10 Å². The Morgan fingerprint density at radius 3 is 2.31 bits per heavy atom. The van der Waals surface area contributed by atoms with Crippen molar-refractivity contribution in [2.75, 3.05) is 0 Å². The normalized spacial score (nSPS) is 32.4. The number of carbonyl (C=O) groups excluding carboxylic acids is 3. The molecule has 1 atom stereocenters. The molecular weight excluding hydrogens is 474 g/mol. The molecule has 6 rings (SSSR count). The molecule has 2 amide bonds. The summed E-state index contributed by atoms with van der Waals surface area (Å²) in [5.74, 6) is 0.591. The zero-order chi connectivity index (χ0) is 22.3. The zero-order valence-corrected chi connectivity index (χ0v) is 19.2. The molecule has 4 aliphatic carbocycles. The minimum atomic E-state index is -0.982. The van der Waals surface area contributed by atoms with Crippen LogP contribution in [0.15, 0.2) is 39.8 Å². The van der Waals surface area contributed by atoms with Crippen molar-refractivity contribution < 1.29 is 14.4 Å². The van der Waals surface area contributed by atoms with Gasteiger partial charge in [-0.25, -0.2) is 0 Å². The van der Waals surface area contributed by atoms with Crippen LogP contribution in [-0.4, -0.2) is 34.8 Å². The number of rotatable bonds is 6. The van der Waals surface area contributed by atoms with Crippen molar-refractivity contribution in [1.82, 2.24) is 21.0 Å². The fourth-order valence-corrected chi connectivity index (χ4v) is 6.77. The summed E-state index contributed by atoms with van der Waals surface area (Å²) < 4.78 is 0.412. The highest BCUT2D eigenvalue weighted by molar-refractivity contribution is 9.11. The van der Waals surface area contributed by atoms with Crippen LogP contribution in [0.2, 0.25) is 0 Å². The molecule has 1 aromatic heterocycles. The third-order valence-corrected chi connectivity index (χ3v) is 8.25. The Bertz CT molecular complexity index is 971. The average Bonchev–Trinajstić information content (AvgIpc) is 2.78. The summed E-state index contributed by atoms with van der Waals surface area (Å²) in [6, 6.07) is 2.55. The summed E-state index contributed by atoms with van der Waals surface area (Å²) >= 11 is 3.43. The third-order valence-electron chi connectivity index (χ3n) is 7.36. The van der Waals surface area contributed by atoms with E-state index in [2.05, 4.69) is 42.1 Å². The molecule has 1 aromatic rings. The maximum absolute atomic E-state index is 13.4. The fourth-order valence-electron chi connectivity index (χ4n) is 6.26. The van der Waals surface area contributed by atoms with Crippen LogP contribution in [-0.2, 0) is 20.9 Å². The molecule has 0 spiro atoms. The second-order valence-corrected chi connectivity index (χ2v) is 10.5. The molecule has 1 unspecified atom stereocenters. The highest BCUT2D eigenvalue weighted by atomic mass is 79.9. The lowest BCUT2D eigenvalue weighted by molar-refractivity contribution is -0.145. The number of aromatic nitrogens is 1. The van der Waals surface area contributed by atoms with Gasteiger partial charge in [0.15, 0.2) is 0 Å². The van der Waals surface area contributed by atoms with Gasteiger partial charge in [0, 0.05) is 18.9 Å². The maximum atomic E-state index is 13.4. The number of ketones is 1. The molecule has 5 aliphatic rings. The van der Waals surface area contributed by atoms with Gasteiger partial charge in [0.1, 0.15) is 6.04 Å². The topological polar surface area (TPSA) is 113 Å². The molecule has 168 valence electrons. The Labute approximate surface area is 194 Å². The van der Waals surface area contributed by atoms with Gasteiger partial charge in [-0.05, 0) is 74.0 Å². The minimum Gasteiger partial charge on any atom is -0.345 e. The first-order valence-corrected chi connectivity index (χ1v) is 11.9. The van der Waals surface area contributed by atoms with Gasteiger partial charge < -0.3 is 10.6 Å². The second-order valence-electron chi connectivity index (χ2n) is 9.64. The Kier molecular flexibility index (Phi) is 5.61. The molecule has 32 heavy (non-hydrogen) atoms. The van der Waals surface area contributed by atoms with E-state index in [1.54, 1.807) is 24.5 Å². The van der Waals surface area contributed by atoms with Gasteiger partial charge in [0.25, 0.3) is 5.91 Å². The van der Waals surface area contributed by atoms with E-state index in [9.17, 15) is 14.4 Å². The van der Waals surface area contributed by atoms with Crippen LogP contribution in [0.25, 0.3) is 0 Å². The summed E-state index contributed by atoms with van der Waals surface area (Å²) in [5, 5.41) is 9.67. The number of nitrogens with one attached hydrogen (secondary N) is 3. The number of amides is 2. The molecule has 1 aliphatic heterocycles. The lowest BCUT2D eigenvalue weighted by Crippen LogP contribution is -2.54. The number of hydrazone groups is 1. The van der Waals surface area contributed by atoms with E-state index in [1.165, 1.54) is 25.5 Å². The van der Waals surface area contributed by atoms with Gasteiger partial charge in [0.2, 0.25) is 11.7 Å². The molecule has 4 bridgehead atoms. The molecule has 2 heterocycles. The van der Waals surface area contributed by atoms with Gasteiger partial charge in [0.05, 0.1) is 21.8 Å². The number of halogens is 1. The molecule has 3 N–H and O–H groups in total. The first-order valence-electron chi connectivity index (χ1n) is 11.1. The monoisotopic (exact) mass is 499 g/mol. The number of hydrogen-bond acceptors (Lipinski definition) is 6. The molecule has 4 fully saturated rings. The van der Waals surface area contributed by atoms with Crippen LogP contribution in [0, 0.1) is 23.2 Å². The van der Waals surface area contributed by atoms with E-state index < -0.39 is 17.7 Å². The minimum absolute atomic E-state index is 0.0187. The summed E-state index contributed by atoms with van der Waals surface area (Å²) in [6.45, 7) is 0.222. The van der Waals surface area contributed by atoms with Crippen molar-refractivity contribution in [2.45, 2.75) is 51.1 Å². The predicted octanol–water partition coefficient (Wildman–Crippen LogP) is 2.16. The second kappa shape index (κ2) is 8.42. The Balaban J connectivity index is 1.25. The Morgan fingerprint density at radius 1 is 1.06 bits per heavy atom. The molecule has 0 saturated heterocycles. The summed E-state index contributed by atoms with van der Waals surface area (Å²) in [7, 11) is 0. The summed E-state index contributed by atoms with van der Waals surface area (Å²) in [6.07, 6.45) is 11.4. The van der Waals surface area contributed by atoms with E-state index in [0.717, 1.165) is 24.8 Å². The number of hydrogen-bond donors (Lipinski definition) is 3. The van der Waals surface area contributed by atoms with Crippen molar-refractivity contribution in [3.8, 4) is 0 Å². The third kappa shape index (κ3) is 3.98. The molecule has 4 saturated carbocycles. The van der Waals surface area contributed by atoms with Gasteiger partial charge >= 0.3 is 0 Å². The lowest BCUT2D eigenvalue weighted by Gasteiger charge is -2.55. The van der Waals surface area contributed by atoms with E-state index in [4.69, 9.17) is 0 Å². The maximum Gasteiger partial charge on any atom is 0.290 e. The van der Waals surface area contributed by atoms with Gasteiger partial charge in [-0.3, -0.25) is 24.8 Å². The van der Waals surface area contributed by atoms with Crippen LogP contribution < -0.4 is 16.1 Å². The van der Waals surface area contributed by atoms with Crippen LogP contribution in [0.4, 0.5) is 0 Å². The number of allylic oxidation sites excluding steroid dienone is 1. The van der Waals surface area contributed by atoms with E-state index in [1.807, 2.05) is 0 Å². The van der Waals surface area contributed by atoms with Gasteiger partial charge in [-0.1, -0.05) is 15.9 Å². The smallest absolute Gasteiger partial charge is 0.290 e. The molecule has 8 nitrogen and oxygen atoms in total. The average molecular weight is 500 g/mol. The standard InChI is InChI=1S/C23H26BrN5O3/c24-18-17(28-22(32)23-8-14-5-15(9-23)7-16(6-14)10-23)12-27-29-19(18)20(30)21(31)26-11-13-1-3-25-4-2-13/h1-4,12,14-16,19,29H,5-11H2,(H,26,31)(H,28,32). The van der Waals surface area contributed by atoms with Crippen LogP contribution >= 0.6 is 15.9 Å². The lowest BCUT2D eigenvalue weighted by atomic mass is 9.49. The zero-order valence-electron chi connectivity index (χ0n) is 17.6.